The Kier molecular flexibility index (Phi) is 6.31. The number of carbonyl (C=O) groups is 1. The van der Waals surface area contributed by atoms with Gasteiger partial charge in [-0.05, 0) is 73.1 Å². The molecule has 1 aliphatic carbocycles. The van der Waals surface area contributed by atoms with Crippen molar-refractivity contribution in [1.29, 1.82) is 0 Å². The van der Waals surface area contributed by atoms with Gasteiger partial charge in [-0.15, -0.1) is 0 Å². The Morgan fingerprint density at radius 1 is 1.14 bits per heavy atom. The number of nitrogens with one attached hydrogen (secondary N) is 1. The van der Waals surface area contributed by atoms with Gasteiger partial charge in [-0.3, -0.25) is 5.32 Å². The van der Waals surface area contributed by atoms with E-state index in [2.05, 4.69) is 35.5 Å². The molecule has 7 heteroatoms. The molecule has 1 aliphatic rings. The van der Waals surface area contributed by atoms with E-state index >= 15 is 0 Å². The van der Waals surface area contributed by atoms with Crippen LogP contribution >= 0.6 is 11.6 Å². The largest absolute Gasteiger partial charge is 0.441 e. The summed E-state index contributed by atoms with van der Waals surface area (Å²) in [7, 11) is 0. The number of anilines is 1. The van der Waals surface area contributed by atoms with Gasteiger partial charge in [0.15, 0.2) is 11.6 Å². The van der Waals surface area contributed by atoms with Gasteiger partial charge in [0.05, 0.1) is 11.9 Å². The van der Waals surface area contributed by atoms with Crippen LogP contribution in [0, 0.1) is 12.7 Å². The maximum Gasteiger partial charge on any atom is 0.413 e. The van der Waals surface area contributed by atoms with Crippen molar-refractivity contribution in [2.75, 3.05) is 5.32 Å². The summed E-state index contributed by atoms with van der Waals surface area (Å²) >= 11 is 6.18. The molecule has 1 aromatic heterocycles. The van der Waals surface area contributed by atoms with Gasteiger partial charge in [-0.25, -0.2) is 13.9 Å². The van der Waals surface area contributed by atoms with E-state index in [-0.39, 0.29) is 5.82 Å². The average Bonchev–Trinajstić information content (AvgIpc) is 3.64. The highest BCUT2D eigenvalue weighted by molar-refractivity contribution is 6.31. The van der Waals surface area contributed by atoms with Crippen LogP contribution in [0.25, 0.3) is 16.8 Å². The molecule has 4 aromatic rings. The molecule has 0 saturated heterocycles. The van der Waals surface area contributed by atoms with Crippen LogP contribution in [0.3, 0.4) is 0 Å². The lowest BCUT2D eigenvalue weighted by Crippen LogP contribution is -2.19. The summed E-state index contributed by atoms with van der Waals surface area (Å²) in [6.07, 6.45) is 2.19. The van der Waals surface area contributed by atoms with Gasteiger partial charge in [-0.2, -0.15) is 5.10 Å². The molecule has 1 amide bonds. The third-order valence-electron chi connectivity index (χ3n) is 6.29. The molecule has 1 saturated carbocycles. The summed E-state index contributed by atoms with van der Waals surface area (Å²) in [5, 5.41) is 7.06. The maximum atomic E-state index is 14.5. The average molecular weight is 490 g/mol. The standard InChI is InChI=1S/C28H25ClFN3O2/c1-17-15-21(19-7-8-19)11-14-23(17)20-9-12-22(13-10-20)33-27(26(30)16-31-33)32-28(34)35-18(2)24-5-3-4-6-25(24)29/h3-6,9-16,18-19H,7-8H2,1-2H3,(H,32,34). The van der Waals surface area contributed by atoms with E-state index in [1.165, 1.54) is 28.7 Å². The highest BCUT2D eigenvalue weighted by Crippen LogP contribution is 2.41. The van der Waals surface area contributed by atoms with Gasteiger partial charge in [0.25, 0.3) is 0 Å². The normalized spacial score (nSPS) is 13.9. The Bertz CT molecular complexity index is 1380. The quantitative estimate of drug-likeness (QED) is 0.300. The Hall–Kier alpha value is -3.64. The number of aryl methyl sites for hydroxylation is 1. The van der Waals surface area contributed by atoms with Crippen LogP contribution < -0.4 is 5.32 Å². The molecule has 5 rings (SSSR count). The van der Waals surface area contributed by atoms with Crippen LogP contribution in [0.5, 0.6) is 0 Å². The van der Waals surface area contributed by atoms with Gasteiger partial charge in [0, 0.05) is 10.6 Å². The molecular formula is C28H25ClFN3O2. The fourth-order valence-corrected chi connectivity index (χ4v) is 4.54. The monoisotopic (exact) mass is 489 g/mol. The number of nitrogens with zero attached hydrogens (tertiary/aromatic N) is 2. The fourth-order valence-electron chi connectivity index (χ4n) is 4.26. The molecule has 5 nitrogen and oxygen atoms in total. The van der Waals surface area contributed by atoms with Gasteiger partial charge in [-0.1, -0.05) is 60.1 Å². The van der Waals surface area contributed by atoms with Crippen molar-refractivity contribution >= 4 is 23.5 Å². The summed E-state index contributed by atoms with van der Waals surface area (Å²) in [5.74, 6) is -0.0490. The van der Waals surface area contributed by atoms with Crippen LogP contribution in [-0.2, 0) is 4.74 Å². The van der Waals surface area contributed by atoms with E-state index in [0.29, 0.717) is 22.2 Å². The van der Waals surface area contributed by atoms with Crippen molar-refractivity contribution in [3.8, 4) is 16.8 Å². The molecule has 0 aliphatic heterocycles. The number of rotatable bonds is 6. The van der Waals surface area contributed by atoms with E-state index in [1.54, 1.807) is 31.2 Å². The number of aromatic nitrogens is 2. The van der Waals surface area contributed by atoms with Crippen LogP contribution in [-0.4, -0.2) is 15.9 Å². The molecule has 1 heterocycles. The lowest BCUT2D eigenvalue weighted by Gasteiger charge is -2.16. The molecule has 0 bridgehead atoms. The lowest BCUT2D eigenvalue weighted by molar-refractivity contribution is 0.121. The second kappa shape index (κ2) is 9.55. The van der Waals surface area contributed by atoms with Gasteiger partial charge < -0.3 is 4.74 Å². The maximum absolute atomic E-state index is 14.5. The Labute approximate surface area is 208 Å². The van der Waals surface area contributed by atoms with Crippen molar-refractivity contribution in [2.45, 2.75) is 38.7 Å². The first-order valence-electron chi connectivity index (χ1n) is 11.6. The van der Waals surface area contributed by atoms with Crippen LogP contribution in [0.1, 0.15) is 48.5 Å². The zero-order valence-electron chi connectivity index (χ0n) is 19.5. The number of benzene rings is 3. The van der Waals surface area contributed by atoms with E-state index < -0.39 is 18.0 Å². The molecular weight excluding hydrogens is 465 g/mol. The SMILES string of the molecule is Cc1cc(C2CC2)ccc1-c1ccc(-n2ncc(F)c2NC(=O)OC(C)c2ccccc2Cl)cc1. The van der Waals surface area contributed by atoms with Gasteiger partial charge >= 0.3 is 6.09 Å². The summed E-state index contributed by atoms with van der Waals surface area (Å²) in [6.45, 7) is 3.82. The molecule has 0 spiro atoms. The first-order valence-corrected chi connectivity index (χ1v) is 12.0. The van der Waals surface area contributed by atoms with E-state index in [1.807, 2.05) is 24.3 Å². The first-order chi connectivity index (χ1) is 16.9. The van der Waals surface area contributed by atoms with Crippen molar-refractivity contribution < 1.29 is 13.9 Å². The summed E-state index contributed by atoms with van der Waals surface area (Å²) in [4.78, 5) is 12.5. The van der Waals surface area contributed by atoms with Crippen LogP contribution in [0.15, 0.2) is 72.9 Å². The third-order valence-corrected chi connectivity index (χ3v) is 6.64. The molecule has 35 heavy (non-hydrogen) atoms. The molecule has 178 valence electrons. The van der Waals surface area contributed by atoms with Gasteiger partial charge in [0.1, 0.15) is 6.10 Å². The van der Waals surface area contributed by atoms with E-state index in [0.717, 1.165) is 17.3 Å². The second-order valence-electron chi connectivity index (χ2n) is 8.84. The first kappa shape index (κ1) is 23.1. The molecule has 0 radical (unpaired) electrons. The Morgan fingerprint density at radius 3 is 2.57 bits per heavy atom. The Balaban J connectivity index is 1.33. The molecule has 3 aromatic carbocycles. The number of carbonyl (C=O) groups excluding carboxylic acids is 1. The topological polar surface area (TPSA) is 56.2 Å². The molecule has 1 atom stereocenters. The van der Waals surface area contributed by atoms with E-state index in [4.69, 9.17) is 16.3 Å². The summed E-state index contributed by atoms with van der Waals surface area (Å²) in [6, 6.07) is 21.3. The third kappa shape index (κ3) is 4.93. The minimum Gasteiger partial charge on any atom is -0.441 e. The zero-order valence-corrected chi connectivity index (χ0v) is 20.2. The molecule has 1 fully saturated rings. The van der Waals surface area contributed by atoms with Crippen molar-refractivity contribution in [1.82, 2.24) is 9.78 Å². The number of ether oxygens (including phenoxy) is 1. The van der Waals surface area contributed by atoms with Crippen molar-refractivity contribution in [3.05, 3.63) is 100 Å². The highest BCUT2D eigenvalue weighted by atomic mass is 35.5. The van der Waals surface area contributed by atoms with E-state index in [9.17, 15) is 9.18 Å². The molecule has 1 N–H and O–H groups in total. The summed E-state index contributed by atoms with van der Waals surface area (Å²) in [5.41, 5.74) is 6.12. The number of halogens is 2. The van der Waals surface area contributed by atoms with Crippen LogP contribution in [0.4, 0.5) is 15.0 Å². The van der Waals surface area contributed by atoms with Crippen LogP contribution in [0.2, 0.25) is 5.02 Å². The minimum atomic E-state index is -0.805. The smallest absolute Gasteiger partial charge is 0.413 e. The zero-order chi connectivity index (χ0) is 24.5. The molecule has 1 unspecified atom stereocenters. The fraction of sp³-hybridized carbons (Fsp3) is 0.214. The second-order valence-corrected chi connectivity index (χ2v) is 9.25. The predicted octanol–water partition coefficient (Wildman–Crippen LogP) is 7.83. The van der Waals surface area contributed by atoms with Crippen molar-refractivity contribution in [3.63, 3.8) is 0 Å². The van der Waals surface area contributed by atoms with Gasteiger partial charge in [0.2, 0.25) is 0 Å². The number of hydrogen-bond acceptors (Lipinski definition) is 3. The minimum absolute atomic E-state index is 0.0981. The highest BCUT2D eigenvalue weighted by Gasteiger charge is 2.24. The predicted molar refractivity (Wildman–Crippen MR) is 136 cm³/mol. The summed E-state index contributed by atoms with van der Waals surface area (Å²) < 4.78 is 21.3. The Morgan fingerprint density at radius 2 is 1.89 bits per heavy atom. The number of hydrogen-bond donors (Lipinski definition) is 1. The lowest BCUT2D eigenvalue weighted by atomic mass is 9.97. The van der Waals surface area contributed by atoms with Crippen molar-refractivity contribution in [2.24, 2.45) is 0 Å². The number of amides is 1.